The van der Waals surface area contributed by atoms with Gasteiger partial charge in [-0.3, -0.25) is 0 Å². The third-order valence-corrected chi connectivity index (χ3v) is 1.84. The Labute approximate surface area is 53.0 Å². The van der Waals surface area contributed by atoms with E-state index in [-0.39, 0.29) is 16.6 Å². The lowest BCUT2D eigenvalue weighted by Gasteiger charge is -2.15. The molecule has 0 amide bonds. The summed E-state index contributed by atoms with van der Waals surface area (Å²) in [6, 6.07) is 0. The zero-order valence-corrected chi connectivity index (χ0v) is 6.91. The van der Waals surface area contributed by atoms with Crippen LogP contribution < -0.4 is 0 Å². The first-order chi connectivity index (χ1) is 2.56. The Morgan fingerprint density at radius 2 is 1.43 bits per heavy atom. The van der Waals surface area contributed by atoms with Crippen molar-refractivity contribution in [1.29, 1.82) is 0 Å². The molecule has 46 valence electrons. The Morgan fingerprint density at radius 1 is 1.29 bits per heavy atom. The van der Waals surface area contributed by atoms with Crippen LogP contribution in [0, 0.1) is 0 Å². The fraction of sp³-hybridized carbons (Fsp3) is 1.00. The summed E-state index contributed by atoms with van der Waals surface area (Å²) in [5.41, 5.74) is 0.103. The van der Waals surface area contributed by atoms with Gasteiger partial charge in [0.1, 0.15) is 10.5 Å². The van der Waals surface area contributed by atoms with Gasteiger partial charge in [0.2, 0.25) is 0 Å². The van der Waals surface area contributed by atoms with Crippen molar-refractivity contribution in [3.8, 4) is 0 Å². The molecule has 0 saturated heterocycles. The summed E-state index contributed by atoms with van der Waals surface area (Å²) >= 11 is 0. The Bertz CT molecular complexity index is 39.4. The zero-order chi connectivity index (χ0) is 5.21. The highest BCUT2D eigenvalue weighted by Crippen LogP contribution is 2.01. The van der Waals surface area contributed by atoms with E-state index in [1.165, 1.54) is 0 Å². The smallest absolute Gasteiger partial charge is 0.146 e. The molecule has 0 aromatic rings. The molecule has 0 N–H and O–H groups in total. The second-order valence-corrected chi connectivity index (χ2v) is 2.72. The van der Waals surface area contributed by atoms with Crippen molar-refractivity contribution in [2.24, 2.45) is 0 Å². The van der Waals surface area contributed by atoms with Crippen LogP contribution in [0.5, 0.6) is 0 Å². The van der Waals surface area contributed by atoms with Crippen LogP contribution in [0.1, 0.15) is 20.8 Å². The van der Waals surface area contributed by atoms with E-state index in [1.807, 2.05) is 0 Å². The van der Waals surface area contributed by atoms with Crippen molar-refractivity contribution in [1.82, 2.24) is 0 Å². The topological polar surface area (TPSA) is 9.23 Å². The van der Waals surface area contributed by atoms with Gasteiger partial charge in [0.05, 0.1) is 0 Å². The highest BCUT2D eigenvalue weighted by atomic mass is 28.2. The van der Waals surface area contributed by atoms with Crippen LogP contribution in [0.4, 0.5) is 0 Å². The van der Waals surface area contributed by atoms with E-state index in [0.717, 1.165) is 10.5 Å². The molecule has 0 atom stereocenters. The first kappa shape index (κ1) is 10.4. The van der Waals surface area contributed by atoms with Gasteiger partial charge in [0, 0.05) is 5.60 Å². The quantitative estimate of drug-likeness (QED) is 0.373. The van der Waals surface area contributed by atoms with Crippen molar-refractivity contribution in [2.75, 3.05) is 0 Å². The van der Waals surface area contributed by atoms with Gasteiger partial charge in [0.25, 0.3) is 0 Å². The molecule has 0 saturated carbocycles. The summed E-state index contributed by atoms with van der Waals surface area (Å²) in [5.74, 6) is 0. The molecule has 0 rings (SSSR count). The number of hydrogen-bond acceptors (Lipinski definition) is 1. The van der Waals surface area contributed by atoms with Gasteiger partial charge in [-0.15, -0.1) is 0 Å². The summed E-state index contributed by atoms with van der Waals surface area (Å²) in [4.78, 5) is 0. The van der Waals surface area contributed by atoms with E-state index in [0.29, 0.717) is 0 Å². The molecule has 0 aliphatic carbocycles. The summed E-state index contributed by atoms with van der Waals surface area (Å²) in [6.07, 6.45) is 0. The van der Waals surface area contributed by atoms with Crippen molar-refractivity contribution >= 4 is 21.5 Å². The maximum atomic E-state index is 5.08. The average molecular weight is 136 g/mol. The molecule has 0 aromatic heterocycles. The van der Waals surface area contributed by atoms with Crippen LogP contribution in [0.2, 0.25) is 0 Å². The average Bonchev–Trinajstić information content (AvgIpc) is 1.35. The fourth-order valence-corrected chi connectivity index (χ4v) is 0. The molecule has 0 spiro atoms. The van der Waals surface area contributed by atoms with Gasteiger partial charge in [-0.05, 0) is 31.7 Å². The van der Waals surface area contributed by atoms with E-state index < -0.39 is 0 Å². The predicted octanol–water partition coefficient (Wildman–Crippen LogP) is -1.37. The van der Waals surface area contributed by atoms with Gasteiger partial charge in [-0.2, -0.15) is 0 Å². The summed E-state index contributed by atoms with van der Waals surface area (Å²) in [6.45, 7) is 6.17. The van der Waals surface area contributed by atoms with E-state index in [2.05, 4.69) is 20.8 Å². The van der Waals surface area contributed by atoms with Gasteiger partial charge in [-0.1, -0.05) is 0 Å². The van der Waals surface area contributed by atoms with Gasteiger partial charge in [-0.25, -0.2) is 0 Å². The SMILES string of the molecule is CC(C)(C)O[SiH3].[SiH4]. The Morgan fingerprint density at radius 3 is 1.43 bits per heavy atom. The summed E-state index contributed by atoms with van der Waals surface area (Å²) in [5, 5.41) is 0. The molecular weight excluding hydrogens is 120 g/mol. The molecule has 0 aromatic carbocycles. The standard InChI is InChI=1S/C4H12OSi.H4Si/c1-4(2,3)5-6;/h1-3,6H3;1H4. The lowest BCUT2D eigenvalue weighted by Crippen LogP contribution is -2.16. The zero-order valence-electron chi connectivity index (χ0n) is 4.91. The summed E-state index contributed by atoms with van der Waals surface area (Å²) in [7, 11) is 0.848. The maximum Gasteiger partial charge on any atom is 0.146 e. The van der Waals surface area contributed by atoms with Crippen LogP contribution in [0.25, 0.3) is 0 Å². The normalized spacial score (nSPS) is 10.7. The van der Waals surface area contributed by atoms with Crippen molar-refractivity contribution in [3.63, 3.8) is 0 Å². The minimum Gasteiger partial charge on any atom is -0.423 e. The first-order valence-electron chi connectivity index (χ1n) is 2.11. The van der Waals surface area contributed by atoms with E-state index >= 15 is 0 Å². The van der Waals surface area contributed by atoms with Crippen LogP contribution in [-0.4, -0.2) is 27.1 Å². The molecule has 1 nitrogen and oxygen atoms in total. The molecule has 0 heterocycles. The van der Waals surface area contributed by atoms with Crippen LogP contribution in [-0.2, 0) is 4.43 Å². The highest BCUT2D eigenvalue weighted by molar-refractivity contribution is 5.98. The molecule has 3 heteroatoms. The third-order valence-electron chi connectivity index (χ3n) is 0.612. The van der Waals surface area contributed by atoms with Gasteiger partial charge in [0.15, 0.2) is 0 Å². The second kappa shape index (κ2) is 3.40. The minimum absolute atomic E-state index is 0. The largest absolute Gasteiger partial charge is 0.423 e. The van der Waals surface area contributed by atoms with Crippen molar-refractivity contribution in [2.45, 2.75) is 26.4 Å². The molecule has 0 aliphatic heterocycles. The third kappa shape index (κ3) is 10.7. The number of hydrogen-bond donors (Lipinski definition) is 0. The van der Waals surface area contributed by atoms with Crippen LogP contribution in [0.3, 0.4) is 0 Å². The van der Waals surface area contributed by atoms with Crippen molar-refractivity contribution < 1.29 is 4.43 Å². The molecule has 7 heavy (non-hydrogen) atoms. The molecule has 0 unspecified atom stereocenters. The fourth-order valence-electron chi connectivity index (χ4n) is 0. The Hall–Kier alpha value is 0.394. The predicted molar refractivity (Wildman–Crippen MR) is 42.1 cm³/mol. The van der Waals surface area contributed by atoms with E-state index in [1.54, 1.807) is 0 Å². The molecule has 0 fully saturated rings. The lowest BCUT2D eigenvalue weighted by atomic mass is 10.2. The van der Waals surface area contributed by atoms with E-state index in [4.69, 9.17) is 4.43 Å². The Balaban J connectivity index is 0. The minimum atomic E-state index is 0. The molecule has 0 radical (unpaired) electrons. The van der Waals surface area contributed by atoms with Gasteiger partial charge >= 0.3 is 0 Å². The second-order valence-electron chi connectivity index (χ2n) is 2.32. The van der Waals surface area contributed by atoms with Crippen LogP contribution >= 0.6 is 0 Å². The molecular formula is C4H16OSi2. The molecule has 0 bridgehead atoms. The monoisotopic (exact) mass is 136 g/mol. The van der Waals surface area contributed by atoms with Crippen LogP contribution in [0.15, 0.2) is 0 Å². The first-order valence-corrected chi connectivity index (χ1v) is 2.93. The number of rotatable bonds is 0. The molecule has 0 aliphatic rings. The van der Waals surface area contributed by atoms with E-state index in [9.17, 15) is 0 Å². The lowest BCUT2D eigenvalue weighted by molar-refractivity contribution is 0.147. The maximum absolute atomic E-state index is 5.08. The van der Waals surface area contributed by atoms with Gasteiger partial charge < -0.3 is 4.43 Å². The summed E-state index contributed by atoms with van der Waals surface area (Å²) < 4.78 is 5.08. The van der Waals surface area contributed by atoms with Crippen molar-refractivity contribution in [3.05, 3.63) is 0 Å². The Kier molecular flexibility index (Phi) is 5.05. The highest BCUT2D eigenvalue weighted by Gasteiger charge is 2.03.